The molecule has 1 unspecified atom stereocenters. The molecule has 1 aromatic rings. The Hall–Kier alpha value is -1.20. The van der Waals surface area contributed by atoms with Crippen molar-refractivity contribution in [2.75, 3.05) is 32.2 Å². The fraction of sp³-hybridized carbons (Fsp3) is 0.667. The van der Waals surface area contributed by atoms with Crippen molar-refractivity contribution in [3.05, 3.63) is 18.0 Å². The van der Waals surface area contributed by atoms with E-state index in [-0.39, 0.29) is 6.04 Å². The average molecular weight is 238 g/mol. The number of nitrogens with zero attached hydrogens (tertiary/aromatic N) is 3. The van der Waals surface area contributed by atoms with Gasteiger partial charge in [0.25, 0.3) is 0 Å². The van der Waals surface area contributed by atoms with Crippen LogP contribution in [0.25, 0.3) is 0 Å². The summed E-state index contributed by atoms with van der Waals surface area (Å²) in [6, 6.07) is 0.278. The highest BCUT2D eigenvalue weighted by atomic mass is 16.5. The first kappa shape index (κ1) is 13.9. The molecule has 17 heavy (non-hydrogen) atoms. The fourth-order valence-electron chi connectivity index (χ4n) is 1.77. The molecule has 0 amide bonds. The number of hydrogen-bond acceptors (Lipinski definition) is 5. The molecule has 1 N–H and O–H groups in total. The largest absolute Gasteiger partial charge is 0.383 e. The van der Waals surface area contributed by atoms with Crippen LogP contribution >= 0.6 is 0 Å². The number of ether oxygens (including phenoxy) is 1. The summed E-state index contributed by atoms with van der Waals surface area (Å²) < 4.78 is 5.16. The predicted octanol–water partition coefficient (Wildman–Crippen LogP) is 1.06. The van der Waals surface area contributed by atoms with Crippen molar-refractivity contribution in [3.8, 4) is 0 Å². The van der Waals surface area contributed by atoms with Gasteiger partial charge in [0.1, 0.15) is 0 Å². The van der Waals surface area contributed by atoms with Crippen LogP contribution in [0.3, 0.4) is 0 Å². The van der Waals surface area contributed by atoms with Crippen molar-refractivity contribution >= 4 is 5.95 Å². The first-order valence-electron chi connectivity index (χ1n) is 5.94. The standard InChI is InChI=1S/C12H22N4O/c1-5-16(10(2)9-17-4)12-14-7-11(6-13-3)8-15-12/h7-8,10,13H,5-6,9H2,1-4H3. The summed E-state index contributed by atoms with van der Waals surface area (Å²) in [5.41, 5.74) is 1.09. The summed E-state index contributed by atoms with van der Waals surface area (Å²) >= 11 is 0. The van der Waals surface area contributed by atoms with Crippen LogP contribution in [0.5, 0.6) is 0 Å². The van der Waals surface area contributed by atoms with Crippen LogP contribution in [0.4, 0.5) is 5.95 Å². The van der Waals surface area contributed by atoms with Crippen molar-refractivity contribution in [2.24, 2.45) is 0 Å². The van der Waals surface area contributed by atoms with Gasteiger partial charge in [-0.15, -0.1) is 0 Å². The molecule has 1 aromatic heterocycles. The molecule has 0 radical (unpaired) electrons. The third kappa shape index (κ3) is 3.94. The summed E-state index contributed by atoms with van der Waals surface area (Å²) in [5, 5.41) is 3.08. The van der Waals surface area contributed by atoms with Gasteiger partial charge in [0.05, 0.1) is 12.6 Å². The monoisotopic (exact) mass is 238 g/mol. The maximum absolute atomic E-state index is 5.16. The summed E-state index contributed by atoms with van der Waals surface area (Å²) in [6.45, 7) is 6.54. The molecular weight excluding hydrogens is 216 g/mol. The molecule has 5 nitrogen and oxygen atoms in total. The zero-order valence-electron chi connectivity index (χ0n) is 11.1. The second kappa shape index (κ2) is 7.19. The molecule has 0 aliphatic heterocycles. The minimum absolute atomic E-state index is 0.278. The molecule has 1 rings (SSSR count). The molecule has 0 spiro atoms. The third-order valence-electron chi connectivity index (χ3n) is 2.61. The minimum atomic E-state index is 0.278. The van der Waals surface area contributed by atoms with Gasteiger partial charge >= 0.3 is 0 Å². The van der Waals surface area contributed by atoms with Gasteiger partial charge in [0.2, 0.25) is 5.95 Å². The maximum Gasteiger partial charge on any atom is 0.225 e. The molecule has 0 saturated heterocycles. The highest BCUT2D eigenvalue weighted by Gasteiger charge is 2.14. The SMILES string of the molecule is CCN(c1ncc(CNC)cn1)C(C)COC. The lowest BCUT2D eigenvalue weighted by Gasteiger charge is -2.27. The number of nitrogens with one attached hydrogen (secondary N) is 1. The highest BCUT2D eigenvalue weighted by molar-refractivity contribution is 5.31. The molecular formula is C12H22N4O. The van der Waals surface area contributed by atoms with Gasteiger partial charge in [-0.3, -0.25) is 0 Å². The summed E-state index contributed by atoms with van der Waals surface area (Å²) in [7, 11) is 3.62. The van der Waals surface area contributed by atoms with E-state index in [0.717, 1.165) is 24.6 Å². The van der Waals surface area contributed by atoms with Gasteiger partial charge in [-0.05, 0) is 20.9 Å². The van der Waals surface area contributed by atoms with Crippen LogP contribution in [0.15, 0.2) is 12.4 Å². The number of aromatic nitrogens is 2. The predicted molar refractivity (Wildman–Crippen MR) is 69.2 cm³/mol. The smallest absolute Gasteiger partial charge is 0.225 e. The van der Waals surface area contributed by atoms with Crippen molar-refractivity contribution in [1.29, 1.82) is 0 Å². The minimum Gasteiger partial charge on any atom is -0.383 e. The Morgan fingerprint density at radius 1 is 1.41 bits per heavy atom. The maximum atomic E-state index is 5.16. The lowest BCUT2D eigenvalue weighted by Crippen LogP contribution is -2.37. The van der Waals surface area contributed by atoms with E-state index in [1.54, 1.807) is 7.11 Å². The second-order valence-corrected chi connectivity index (χ2v) is 4.01. The molecule has 96 valence electrons. The van der Waals surface area contributed by atoms with E-state index in [0.29, 0.717) is 6.61 Å². The van der Waals surface area contributed by atoms with E-state index < -0.39 is 0 Å². The van der Waals surface area contributed by atoms with Crippen LogP contribution in [0.1, 0.15) is 19.4 Å². The van der Waals surface area contributed by atoms with E-state index in [1.165, 1.54) is 0 Å². The van der Waals surface area contributed by atoms with Crippen LogP contribution in [0, 0.1) is 0 Å². The Morgan fingerprint density at radius 3 is 2.53 bits per heavy atom. The topological polar surface area (TPSA) is 50.3 Å². The molecule has 0 bridgehead atoms. The highest BCUT2D eigenvalue weighted by Crippen LogP contribution is 2.11. The van der Waals surface area contributed by atoms with Crippen LogP contribution in [0.2, 0.25) is 0 Å². The molecule has 1 atom stereocenters. The second-order valence-electron chi connectivity index (χ2n) is 4.01. The lowest BCUT2D eigenvalue weighted by molar-refractivity contribution is 0.181. The molecule has 5 heteroatoms. The van der Waals surface area contributed by atoms with E-state index in [4.69, 9.17) is 4.74 Å². The first-order valence-corrected chi connectivity index (χ1v) is 5.94. The third-order valence-corrected chi connectivity index (χ3v) is 2.61. The number of methoxy groups -OCH3 is 1. The summed E-state index contributed by atoms with van der Waals surface area (Å²) in [6.07, 6.45) is 3.72. The number of rotatable bonds is 7. The molecule has 1 heterocycles. The normalized spacial score (nSPS) is 12.5. The number of anilines is 1. The fourth-order valence-corrected chi connectivity index (χ4v) is 1.77. The van der Waals surface area contributed by atoms with Crippen LogP contribution in [-0.4, -0.2) is 43.3 Å². The summed E-state index contributed by atoms with van der Waals surface area (Å²) in [4.78, 5) is 10.9. The van der Waals surface area contributed by atoms with Gasteiger partial charge in [-0.1, -0.05) is 0 Å². The van der Waals surface area contributed by atoms with Crippen molar-refractivity contribution in [2.45, 2.75) is 26.4 Å². The van der Waals surface area contributed by atoms with Crippen molar-refractivity contribution in [3.63, 3.8) is 0 Å². The first-order chi connectivity index (χ1) is 8.22. The zero-order chi connectivity index (χ0) is 12.7. The number of hydrogen-bond donors (Lipinski definition) is 1. The Labute approximate surface area is 103 Å². The molecule has 0 aromatic carbocycles. The Bertz CT molecular complexity index is 315. The van der Waals surface area contributed by atoms with Gasteiger partial charge in [-0.2, -0.15) is 0 Å². The van der Waals surface area contributed by atoms with Crippen molar-refractivity contribution in [1.82, 2.24) is 15.3 Å². The Balaban J connectivity index is 2.74. The van der Waals surface area contributed by atoms with E-state index in [1.807, 2.05) is 19.4 Å². The zero-order valence-corrected chi connectivity index (χ0v) is 11.1. The van der Waals surface area contributed by atoms with Crippen LogP contribution in [-0.2, 0) is 11.3 Å². The van der Waals surface area contributed by atoms with Gasteiger partial charge in [-0.25, -0.2) is 9.97 Å². The molecule has 0 saturated carbocycles. The van der Waals surface area contributed by atoms with E-state index in [2.05, 4.69) is 34.0 Å². The van der Waals surface area contributed by atoms with Gasteiger partial charge in [0, 0.05) is 38.2 Å². The molecule has 0 aliphatic rings. The number of likely N-dealkylation sites (N-methyl/N-ethyl adjacent to an activating group) is 1. The van der Waals surface area contributed by atoms with Gasteiger partial charge in [0.15, 0.2) is 0 Å². The van der Waals surface area contributed by atoms with Crippen LogP contribution < -0.4 is 10.2 Å². The Morgan fingerprint density at radius 2 is 2.06 bits per heavy atom. The molecule has 0 fully saturated rings. The quantitative estimate of drug-likeness (QED) is 0.769. The average Bonchev–Trinajstić information content (AvgIpc) is 2.33. The Kier molecular flexibility index (Phi) is 5.86. The van der Waals surface area contributed by atoms with Gasteiger partial charge < -0.3 is 15.0 Å². The summed E-state index contributed by atoms with van der Waals surface area (Å²) in [5.74, 6) is 0.761. The molecule has 0 aliphatic carbocycles. The van der Waals surface area contributed by atoms with E-state index in [9.17, 15) is 0 Å². The lowest BCUT2D eigenvalue weighted by atomic mass is 10.3. The van der Waals surface area contributed by atoms with Crippen molar-refractivity contribution < 1.29 is 4.74 Å². The van der Waals surface area contributed by atoms with E-state index >= 15 is 0 Å².